The molecule has 0 saturated carbocycles. The largest absolute Gasteiger partial charge is 0.489 e. The van der Waals surface area contributed by atoms with E-state index >= 15 is 0 Å². The van der Waals surface area contributed by atoms with Crippen LogP contribution in [0, 0.1) is 17.8 Å². The van der Waals surface area contributed by atoms with Gasteiger partial charge in [0.25, 0.3) is 0 Å². The molecule has 0 unspecified atom stereocenters. The summed E-state index contributed by atoms with van der Waals surface area (Å²) in [6.45, 7) is 10.8. The highest BCUT2D eigenvalue weighted by Crippen LogP contribution is 2.23. The van der Waals surface area contributed by atoms with Crippen molar-refractivity contribution in [2.24, 2.45) is 29.2 Å². The standard InChI is InChI=1S/C63H84N10O12S/c1-7-41(6)55(72-59(79)49(71-63(83)85-36-44-20-13-9-14-21-44)32-42-25-27-46(28-26-42)84-35-43-18-11-8-12-19-43)61(81)69-48(31-40(4)5)57(77)67-50(33-53(64)74)58(78)70-51(38-86-37-45-22-15-10-16-23-45)62(82)73-29-17-24-52(73)60(80)68-47(30-39(2)3)56(76)66-34-54(65)75/h8-16,18-23,25-28,39-41,47-52,55H,7,17,24,29-38H2,1-6H3,(H2,64,74)(H2,65,75)(H,66,76)(H,67,77)(H,68,80)(H,69,81)(H,70,78)(H,71,83)(H,72,79)/t41-,47-,48-,49-,50-,51-,52-,55-/m0/s1. The van der Waals surface area contributed by atoms with E-state index in [0.717, 1.165) is 11.1 Å². The van der Waals surface area contributed by atoms with E-state index in [9.17, 15) is 47.9 Å². The zero-order valence-corrected chi connectivity index (χ0v) is 50.7. The zero-order chi connectivity index (χ0) is 62.7. The quantitative estimate of drug-likeness (QED) is 0.0319. The topological polar surface area (TPSA) is 329 Å². The predicted octanol–water partition coefficient (Wildman–Crippen LogP) is 4.07. The lowest BCUT2D eigenvalue weighted by atomic mass is 9.95. The van der Waals surface area contributed by atoms with Crippen LogP contribution in [0.1, 0.15) is 102 Å². The third-order valence-corrected chi connectivity index (χ3v) is 15.3. The highest BCUT2D eigenvalue weighted by Gasteiger charge is 2.41. The Morgan fingerprint density at radius 2 is 1.10 bits per heavy atom. The summed E-state index contributed by atoms with van der Waals surface area (Å²) in [7, 11) is 0. The first-order chi connectivity index (χ1) is 41.1. The minimum Gasteiger partial charge on any atom is -0.489 e. The molecule has 22 nitrogen and oxygen atoms in total. The number of hydrogen-bond donors (Lipinski definition) is 9. The molecule has 86 heavy (non-hydrogen) atoms. The summed E-state index contributed by atoms with van der Waals surface area (Å²) in [6.07, 6.45) is -0.321. The number of ether oxygens (including phenoxy) is 2. The highest BCUT2D eigenvalue weighted by atomic mass is 32.2. The number of thioether (sulfide) groups is 1. The van der Waals surface area contributed by atoms with Gasteiger partial charge in [-0.2, -0.15) is 11.8 Å². The first kappa shape index (κ1) is 68.3. The fourth-order valence-corrected chi connectivity index (χ4v) is 10.5. The van der Waals surface area contributed by atoms with Gasteiger partial charge in [0, 0.05) is 24.5 Å². The molecule has 0 spiro atoms. The van der Waals surface area contributed by atoms with Gasteiger partial charge in [0.1, 0.15) is 61.3 Å². The van der Waals surface area contributed by atoms with Crippen molar-refractivity contribution in [3.63, 3.8) is 0 Å². The second-order valence-electron chi connectivity index (χ2n) is 22.3. The molecule has 1 aliphatic rings. The van der Waals surface area contributed by atoms with Crippen LogP contribution in [0.4, 0.5) is 4.79 Å². The van der Waals surface area contributed by atoms with Crippen molar-refractivity contribution < 1.29 is 57.4 Å². The molecule has 0 aromatic heterocycles. The summed E-state index contributed by atoms with van der Waals surface area (Å²) in [6, 6.07) is 26.1. The predicted molar refractivity (Wildman–Crippen MR) is 326 cm³/mol. The van der Waals surface area contributed by atoms with Crippen LogP contribution in [0.15, 0.2) is 115 Å². The third-order valence-electron chi connectivity index (χ3n) is 14.2. The zero-order valence-electron chi connectivity index (χ0n) is 49.8. The molecule has 0 aliphatic carbocycles. The minimum atomic E-state index is -1.66. The van der Waals surface area contributed by atoms with E-state index in [1.165, 1.54) is 16.7 Å². The van der Waals surface area contributed by atoms with Crippen LogP contribution in [0.5, 0.6) is 5.75 Å². The van der Waals surface area contributed by atoms with Crippen molar-refractivity contribution in [1.82, 2.24) is 42.1 Å². The van der Waals surface area contributed by atoms with Crippen molar-refractivity contribution >= 4 is 71.0 Å². The lowest BCUT2D eigenvalue weighted by Crippen LogP contribution is -2.61. The van der Waals surface area contributed by atoms with Crippen LogP contribution < -0.4 is 53.4 Å². The van der Waals surface area contributed by atoms with Crippen molar-refractivity contribution in [2.45, 2.75) is 148 Å². The maximum atomic E-state index is 14.7. The normalized spacial score (nSPS) is 15.3. The maximum absolute atomic E-state index is 14.7. The van der Waals surface area contributed by atoms with Gasteiger partial charge >= 0.3 is 6.09 Å². The van der Waals surface area contributed by atoms with Gasteiger partial charge in [-0.25, -0.2) is 4.79 Å². The Bertz CT molecular complexity index is 2890. The Morgan fingerprint density at radius 1 is 0.570 bits per heavy atom. The number of rotatable bonds is 34. The number of carbonyl (C=O) groups is 10. The number of nitrogens with two attached hydrogens (primary N) is 2. The molecule has 0 bridgehead atoms. The van der Waals surface area contributed by atoms with Crippen LogP contribution in [0.3, 0.4) is 0 Å². The number of primary amides is 2. The van der Waals surface area contributed by atoms with Crippen molar-refractivity contribution in [3.8, 4) is 5.75 Å². The highest BCUT2D eigenvalue weighted by molar-refractivity contribution is 7.98. The maximum Gasteiger partial charge on any atom is 0.408 e. The summed E-state index contributed by atoms with van der Waals surface area (Å²) in [5.74, 6) is -6.71. The molecule has 11 N–H and O–H groups in total. The Hall–Kier alpha value is -8.47. The number of likely N-dealkylation sites (tertiary alicyclic amines) is 1. The van der Waals surface area contributed by atoms with Gasteiger partial charge in [-0.1, -0.05) is 151 Å². The van der Waals surface area contributed by atoms with Crippen LogP contribution >= 0.6 is 11.8 Å². The number of nitrogens with one attached hydrogen (secondary N) is 7. The Kier molecular flexibility index (Phi) is 27.9. The number of alkyl carbamates (subject to hydrolysis) is 1. The van der Waals surface area contributed by atoms with E-state index < -0.39 is 120 Å². The molecule has 4 aromatic rings. The number of hydrogen-bond acceptors (Lipinski definition) is 13. The summed E-state index contributed by atoms with van der Waals surface area (Å²) in [4.78, 5) is 139. The molecule has 5 rings (SSSR count). The van der Waals surface area contributed by atoms with Crippen molar-refractivity contribution in [2.75, 3.05) is 18.8 Å². The summed E-state index contributed by atoms with van der Waals surface area (Å²) >= 11 is 1.32. The lowest BCUT2D eigenvalue weighted by molar-refractivity contribution is -0.142. The molecule has 8 atom stereocenters. The molecule has 10 amide bonds. The Morgan fingerprint density at radius 3 is 1.67 bits per heavy atom. The number of carbonyl (C=O) groups excluding carboxylic acids is 10. The molecular weight excluding hydrogens is 1120 g/mol. The Balaban J connectivity index is 1.34. The average Bonchev–Trinajstić information content (AvgIpc) is 3.61. The molecule has 464 valence electrons. The molecule has 1 heterocycles. The van der Waals surface area contributed by atoms with E-state index in [-0.39, 0.29) is 56.4 Å². The molecular formula is C63H84N10O12S. The second kappa shape index (κ2) is 35.1. The van der Waals surface area contributed by atoms with Gasteiger partial charge in [0.15, 0.2) is 0 Å². The van der Waals surface area contributed by atoms with Crippen LogP contribution in [-0.4, -0.2) is 125 Å². The number of benzene rings is 4. The van der Waals surface area contributed by atoms with Crippen molar-refractivity contribution in [1.29, 1.82) is 0 Å². The van der Waals surface area contributed by atoms with E-state index in [1.54, 1.807) is 55.5 Å². The van der Waals surface area contributed by atoms with Crippen LogP contribution in [0.2, 0.25) is 0 Å². The van der Waals surface area contributed by atoms with Gasteiger partial charge < -0.3 is 63.1 Å². The van der Waals surface area contributed by atoms with Gasteiger partial charge in [0.2, 0.25) is 53.2 Å². The van der Waals surface area contributed by atoms with Gasteiger partial charge in [-0.15, -0.1) is 0 Å². The summed E-state index contributed by atoms with van der Waals surface area (Å²) in [5, 5.41) is 18.8. The first-order valence-electron chi connectivity index (χ1n) is 29.1. The second-order valence-corrected chi connectivity index (χ2v) is 23.3. The van der Waals surface area contributed by atoms with Crippen LogP contribution in [-0.2, 0) is 73.3 Å². The minimum absolute atomic E-state index is 0.0104. The number of amides is 10. The fraction of sp³-hybridized carbons (Fsp3) is 0.460. The molecule has 4 aromatic carbocycles. The lowest BCUT2D eigenvalue weighted by Gasteiger charge is -2.31. The van der Waals surface area contributed by atoms with E-state index in [1.807, 2.05) is 101 Å². The van der Waals surface area contributed by atoms with Gasteiger partial charge in [-0.05, 0) is 77.8 Å². The average molecular weight is 1210 g/mol. The number of nitrogens with zero attached hydrogens (tertiary/aromatic N) is 1. The Labute approximate surface area is 507 Å². The van der Waals surface area contributed by atoms with E-state index in [2.05, 4.69) is 37.2 Å². The molecule has 0 radical (unpaired) electrons. The molecule has 23 heteroatoms. The van der Waals surface area contributed by atoms with E-state index in [0.29, 0.717) is 42.1 Å². The molecule has 1 saturated heterocycles. The monoisotopic (exact) mass is 1200 g/mol. The first-order valence-corrected chi connectivity index (χ1v) is 30.3. The SMILES string of the molecule is CC[C@H](C)[C@H](NC(=O)[C@H](Cc1ccc(OCc2ccccc2)cc1)NC(=O)OCc1ccccc1)C(=O)N[C@@H](CC(C)C)C(=O)N[C@@H](CC(N)=O)C(=O)N[C@@H](CSCc1ccccc1)C(=O)N1CCC[C@H]1C(=O)N[C@@H](CC(C)C)C(=O)NCC(N)=O. The molecule has 1 aliphatic heterocycles. The van der Waals surface area contributed by atoms with Crippen LogP contribution in [0.25, 0.3) is 0 Å². The van der Waals surface area contributed by atoms with Crippen molar-refractivity contribution in [3.05, 3.63) is 138 Å². The molecule has 1 fully saturated rings. The van der Waals surface area contributed by atoms with Gasteiger partial charge in [0.05, 0.1) is 13.0 Å². The summed E-state index contributed by atoms with van der Waals surface area (Å²) < 4.78 is 11.5. The van der Waals surface area contributed by atoms with Gasteiger partial charge in [-0.3, -0.25) is 43.2 Å². The third kappa shape index (κ3) is 23.2. The fourth-order valence-electron chi connectivity index (χ4n) is 9.51. The summed E-state index contributed by atoms with van der Waals surface area (Å²) in [5.41, 5.74) is 14.2. The smallest absolute Gasteiger partial charge is 0.408 e. The van der Waals surface area contributed by atoms with E-state index in [4.69, 9.17) is 20.9 Å².